The summed E-state index contributed by atoms with van der Waals surface area (Å²) in [5, 5.41) is 226. The number of carboxylic acid groups (broad SMARTS) is 2. The van der Waals surface area contributed by atoms with Crippen molar-refractivity contribution in [1.82, 2.24) is 5.32 Å². The van der Waals surface area contributed by atoms with E-state index < -0.39 is 265 Å². The van der Waals surface area contributed by atoms with Crippen LogP contribution in [0, 0.1) is 11.8 Å². The number of hydrogen-bond acceptors (Lipinski definition) is 33. The second-order valence-corrected chi connectivity index (χ2v) is 21.2. The highest BCUT2D eigenvalue weighted by Crippen LogP contribution is 2.41. The number of nitrogens with one attached hydrogen (secondary N) is 1. The molecule has 22 N–H and O–H groups in total. The highest BCUT2D eigenvalue weighted by atomic mass is 16.8. The van der Waals surface area contributed by atoms with Crippen LogP contribution in [0.3, 0.4) is 0 Å². The van der Waals surface area contributed by atoms with Gasteiger partial charge in [-0.05, 0) is 0 Å². The lowest BCUT2D eigenvalue weighted by Crippen LogP contribution is -2.70. The molecule has 0 aromatic rings. The summed E-state index contributed by atoms with van der Waals surface area (Å²) in [5.41, 5.74) is 0. The van der Waals surface area contributed by atoms with Gasteiger partial charge in [0.1, 0.15) is 122 Å². The minimum atomic E-state index is -2.95. The molecule has 6 fully saturated rings. The molecule has 1 amide bonds. The number of rotatable bonds is 23. The van der Waals surface area contributed by atoms with Crippen molar-refractivity contribution in [3.05, 3.63) is 0 Å². The molecule has 6 saturated heterocycles. The summed E-state index contributed by atoms with van der Waals surface area (Å²) in [6.45, 7) is -2.89. The number of amides is 1. The van der Waals surface area contributed by atoms with E-state index in [1.165, 1.54) is 13.8 Å². The summed E-state index contributed by atoms with van der Waals surface area (Å²) in [7, 11) is 0. The van der Waals surface area contributed by atoms with E-state index in [0.717, 1.165) is 6.92 Å². The minimum absolute atomic E-state index is 0.828. The Balaban J connectivity index is 1.27. The Hall–Kier alpha value is -2.79. The average molecular weight is 1200 g/mol. The van der Waals surface area contributed by atoms with Gasteiger partial charge in [0.25, 0.3) is 11.6 Å². The number of ether oxygens (including phenoxy) is 11. The Morgan fingerprint density at radius 2 is 0.927 bits per heavy atom. The molecule has 0 aromatic heterocycles. The molecule has 0 saturated carbocycles. The molecule has 0 aliphatic carbocycles. The van der Waals surface area contributed by atoms with Crippen LogP contribution in [0.25, 0.3) is 0 Å². The van der Waals surface area contributed by atoms with E-state index in [9.17, 15) is 122 Å². The van der Waals surface area contributed by atoms with E-state index >= 15 is 0 Å². The highest BCUT2D eigenvalue weighted by molar-refractivity contribution is 5.76. The van der Waals surface area contributed by atoms with Gasteiger partial charge in [-0.1, -0.05) is 13.8 Å². The van der Waals surface area contributed by atoms with E-state index in [0.29, 0.717) is 0 Å². The third-order valence-corrected chi connectivity index (χ3v) is 15.6. The lowest BCUT2D eigenvalue weighted by atomic mass is 9.84. The number of aliphatic hydroxyl groups excluding tert-OH is 19. The lowest BCUT2D eigenvalue weighted by molar-refractivity contribution is -0.386. The smallest absolute Gasteiger partial charge is 0.364 e. The molecule has 36 heteroatoms. The molecule has 6 heterocycles. The topological polar surface area (TPSA) is 590 Å². The summed E-state index contributed by atoms with van der Waals surface area (Å²) in [5.74, 6) is -12.8. The van der Waals surface area contributed by atoms with E-state index in [1.807, 2.05) is 0 Å². The molecule has 0 bridgehead atoms. The summed E-state index contributed by atoms with van der Waals surface area (Å²) < 4.78 is 62.6. The Kier molecular flexibility index (Phi) is 23.6. The Morgan fingerprint density at radius 1 is 0.512 bits per heavy atom. The molecule has 6 rings (SSSR count). The first-order valence-corrected chi connectivity index (χ1v) is 26.0. The molecular formula is C46H77NO35. The van der Waals surface area contributed by atoms with Crippen molar-refractivity contribution < 1.29 is 174 Å². The zero-order valence-electron chi connectivity index (χ0n) is 44.1. The van der Waals surface area contributed by atoms with Crippen molar-refractivity contribution in [2.24, 2.45) is 11.8 Å². The fraction of sp³-hybridized carbons (Fsp3) is 0.935. The van der Waals surface area contributed by atoms with Gasteiger partial charge in [0.2, 0.25) is 5.91 Å². The van der Waals surface area contributed by atoms with Crippen LogP contribution in [0.15, 0.2) is 0 Å². The van der Waals surface area contributed by atoms with Crippen LogP contribution in [0.5, 0.6) is 0 Å². The molecule has 9 unspecified atom stereocenters. The molecule has 6 aliphatic heterocycles. The number of carbonyl (C=O) groups is 3. The van der Waals surface area contributed by atoms with Crippen LogP contribution in [-0.2, 0) is 66.5 Å². The lowest BCUT2D eigenvalue weighted by Gasteiger charge is -2.50. The van der Waals surface area contributed by atoms with Crippen LogP contribution in [0.1, 0.15) is 33.6 Å². The number of aliphatic carboxylic acids is 2. The minimum Gasteiger partial charge on any atom is -0.477 e. The van der Waals surface area contributed by atoms with Gasteiger partial charge in [-0.25, -0.2) is 9.59 Å². The third kappa shape index (κ3) is 14.3. The Bertz CT molecular complexity index is 2070. The van der Waals surface area contributed by atoms with Gasteiger partial charge in [0.15, 0.2) is 25.2 Å². The van der Waals surface area contributed by atoms with Gasteiger partial charge in [-0.2, -0.15) is 0 Å². The van der Waals surface area contributed by atoms with Crippen LogP contribution < -0.4 is 5.32 Å². The van der Waals surface area contributed by atoms with Gasteiger partial charge < -0.3 is 165 Å². The van der Waals surface area contributed by atoms with E-state index in [4.69, 9.17) is 52.1 Å². The number of carboxylic acids is 2. The molecular weight excluding hydrogens is 1130 g/mol. The summed E-state index contributed by atoms with van der Waals surface area (Å²) in [6.07, 6.45) is -56.3. The number of carbonyl (C=O) groups excluding carboxylic acids is 1. The van der Waals surface area contributed by atoms with Crippen molar-refractivity contribution in [2.75, 3.05) is 39.6 Å². The first kappa shape index (κ1) is 68.3. The zero-order chi connectivity index (χ0) is 61.2. The first-order chi connectivity index (χ1) is 38.4. The largest absolute Gasteiger partial charge is 0.477 e. The monoisotopic (exact) mass is 1200 g/mol. The van der Waals surface area contributed by atoms with Crippen molar-refractivity contribution in [1.29, 1.82) is 0 Å². The maximum atomic E-state index is 12.9. The SMILES string of the molecule is CC(=O)NC1[C@H](O[C@@H]2C(O)[C@H](O[C@@H]3C(CO)OC(O)C(O)[C@H]3O)OC(CO[C@]3(C(=O)O)C[C@@H](O)[C@@H](C)[C@H]([C@H](O)[C@H](O)CO)O3)[C@@H]2O)OC(CO)[C@@H](O[C@@H]2OC(CO[C@]3(C(=O)O)C[C@@H](O)[C@@H](C)[C@H]([C@H](O)[C@H](O)CO)O3)[C@H](O)[C@H](O)C2O)[C@@H]1O. The normalized spacial score (nSPS) is 47.2. The predicted molar refractivity (Wildman–Crippen MR) is 251 cm³/mol. The fourth-order valence-electron chi connectivity index (χ4n) is 10.5. The second-order valence-electron chi connectivity index (χ2n) is 21.2. The Morgan fingerprint density at radius 3 is 1.37 bits per heavy atom. The predicted octanol–water partition coefficient (Wildman–Crippen LogP) is -13.0. The van der Waals surface area contributed by atoms with Crippen LogP contribution in [-0.4, -0.2) is 348 Å². The second kappa shape index (κ2) is 28.4. The standard InChI is InChI=1S/C46H77NO35/c1-12-15(53)4-45(43(68)69,81-34(12)24(57)17(55)6-48)72-10-21-26(59)29(62)32(65)41(76-21)78-36-20(9-51)75-40(23(28(36)61)47-14(3)52)80-38-27(60)22(77-42(33(38)66)79-37-19(8-50)74-39(67)31(64)30(37)63)11-73-46(44(70)71)5-16(54)13(2)35(82-46)25(58)18(56)7-49/h12-13,15-42,48-51,53-67H,4-11H2,1-3H3,(H,47,52)(H,68,69)(H,70,71)/t12-,13-,15-,16-,17-,18-,19?,20?,21?,22?,23?,24-,25-,26+,27+,28-,29+,30-,31?,32?,33?,34-,35-,36-,37-,38+,39?,40+,41+,42+,45-,46-/m1/s1. The van der Waals surface area contributed by atoms with Crippen LogP contribution in [0.2, 0.25) is 0 Å². The molecule has 0 aromatic carbocycles. The summed E-state index contributed by atoms with van der Waals surface area (Å²) in [4.78, 5) is 38.4. The third-order valence-electron chi connectivity index (χ3n) is 15.6. The van der Waals surface area contributed by atoms with Crippen molar-refractivity contribution >= 4 is 17.8 Å². The van der Waals surface area contributed by atoms with Gasteiger partial charge in [-0.15, -0.1) is 0 Å². The molecule has 6 aliphatic rings. The molecule has 36 nitrogen and oxygen atoms in total. The van der Waals surface area contributed by atoms with Gasteiger partial charge in [-0.3, -0.25) is 4.79 Å². The number of aliphatic hydroxyl groups is 19. The van der Waals surface area contributed by atoms with Crippen molar-refractivity contribution in [2.45, 2.75) is 217 Å². The van der Waals surface area contributed by atoms with Crippen LogP contribution >= 0.6 is 0 Å². The maximum absolute atomic E-state index is 12.9. The quantitative estimate of drug-likeness (QED) is 0.0452. The highest BCUT2D eigenvalue weighted by Gasteiger charge is 2.60. The van der Waals surface area contributed by atoms with Gasteiger partial charge in [0, 0.05) is 31.6 Å². The summed E-state index contributed by atoms with van der Waals surface area (Å²) in [6, 6.07) is -1.95. The van der Waals surface area contributed by atoms with Crippen molar-refractivity contribution in [3.63, 3.8) is 0 Å². The van der Waals surface area contributed by atoms with Gasteiger partial charge in [0.05, 0.1) is 64.1 Å². The van der Waals surface area contributed by atoms with E-state index in [1.54, 1.807) is 0 Å². The molecule has 32 atom stereocenters. The fourth-order valence-corrected chi connectivity index (χ4v) is 10.5. The Labute approximate surface area is 464 Å². The maximum Gasteiger partial charge on any atom is 0.364 e. The molecule has 82 heavy (non-hydrogen) atoms. The van der Waals surface area contributed by atoms with Crippen molar-refractivity contribution in [3.8, 4) is 0 Å². The average Bonchev–Trinajstić information content (AvgIpc) is 2.44. The zero-order valence-corrected chi connectivity index (χ0v) is 44.1. The first-order valence-electron chi connectivity index (χ1n) is 26.0. The van der Waals surface area contributed by atoms with Crippen LogP contribution in [0.4, 0.5) is 0 Å². The van der Waals surface area contributed by atoms with E-state index in [2.05, 4.69) is 5.32 Å². The van der Waals surface area contributed by atoms with E-state index in [-0.39, 0.29) is 0 Å². The molecule has 0 radical (unpaired) electrons. The number of hydrogen-bond donors (Lipinski definition) is 22. The molecule has 0 spiro atoms. The van der Waals surface area contributed by atoms with Gasteiger partial charge >= 0.3 is 11.9 Å². The molecule has 476 valence electrons. The summed E-state index contributed by atoms with van der Waals surface area (Å²) >= 11 is 0.